The summed E-state index contributed by atoms with van der Waals surface area (Å²) < 4.78 is 31.2. The van der Waals surface area contributed by atoms with Crippen LogP contribution in [0.1, 0.15) is 35.5 Å². The van der Waals surface area contributed by atoms with E-state index in [-0.39, 0.29) is 12.1 Å². The van der Waals surface area contributed by atoms with Gasteiger partial charge in [-0.15, -0.1) is 0 Å². The molecule has 4 rings (SSSR count). The Balaban J connectivity index is 1.66. The van der Waals surface area contributed by atoms with Crippen molar-refractivity contribution in [2.45, 2.75) is 32.0 Å². The summed E-state index contributed by atoms with van der Waals surface area (Å²) in [4.78, 5) is 8.31. The highest BCUT2D eigenvalue weighted by atomic mass is 19.1. The zero-order chi connectivity index (χ0) is 22.7. The van der Waals surface area contributed by atoms with Crippen LogP contribution < -0.4 is 0 Å². The van der Waals surface area contributed by atoms with Gasteiger partial charge in [-0.1, -0.05) is 12.1 Å². The van der Waals surface area contributed by atoms with Crippen LogP contribution in [0.3, 0.4) is 0 Å². The first kappa shape index (κ1) is 21.5. The largest absolute Gasteiger partial charge is 0.381 e. The van der Waals surface area contributed by atoms with Crippen LogP contribution in [0, 0.1) is 18.6 Å². The second-order valence-electron chi connectivity index (χ2n) is 7.61. The summed E-state index contributed by atoms with van der Waals surface area (Å²) in [5.41, 5.74) is 0.662. The topological polar surface area (TPSA) is 81.6 Å². The maximum atomic E-state index is 14.7. The van der Waals surface area contributed by atoms with Gasteiger partial charge < -0.3 is 5.11 Å². The van der Waals surface area contributed by atoms with E-state index in [2.05, 4.69) is 20.2 Å². The minimum atomic E-state index is -1.78. The smallest absolute Gasteiger partial charge is 0.137 e. The molecule has 0 fully saturated rings. The van der Waals surface area contributed by atoms with Crippen LogP contribution in [0.2, 0.25) is 0 Å². The monoisotopic (exact) mass is 436 g/mol. The highest BCUT2D eigenvalue weighted by Gasteiger charge is 2.40. The number of halogens is 2. The summed E-state index contributed by atoms with van der Waals surface area (Å²) in [6.07, 6.45) is 9.84. The second-order valence-corrected chi connectivity index (χ2v) is 7.61. The molecule has 4 aromatic rings. The summed E-state index contributed by atoms with van der Waals surface area (Å²) in [7, 11) is 0. The normalized spacial score (nSPS) is 14.5. The summed E-state index contributed by atoms with van der Waals surface area (Å²) in [5, 5.41) is 20.0. The van der Waals surface area contributed by atoms with Gasteiger partial charge in [0.1, 0.15) is 29.9 Å². The van der Waals surface area contributed by atoms with E-state index in [1.54, 1.807) is 24.0 Å². The third-order valence-electron chi connectivity index (χ3n) is 5.33. The molecule has 0 aliphatic rings. The zero-order valence-electron chi connectivity index (χ0n) is 17.6. The molecule has 0 aliphatic carbocycles. The molecule has 2 atom stereocenters. The summed E-state index contributed by atoms with van der Waals surface area (Å²) in [5.74, 6) is -1.57. The fraction of sp³-hybridized carbons (Fsp3) is 0.217. The first-order valence-corrected chi connectivity index (χ1v) is 10.0. The molecule has 0 aliphatic heterocycles. The first-order valence-electron chi connectivity index (χ1n) is 10.0. The molecule has 32 heavy (non-hydrogen) atoms. The molecule has 9 heteroatoms. The fourth-order valence-electron chi connectivity index (χ4n) is 3.55. The predicted molar refractivity (Wildman–Crippen MR) is 115 cm³/mol. The summed E-state index contributed by atoms with van der Waals surface area (Å²) >= 11 is 0. The molecular formula is C23H22F2N6O. The van der Waals surface area contributed by atoms with Crippen molar-refractivity contribution in [2.75, 3.05) is 0 Å². The molecule has 164 valence electrons. The number of pyridine rings is 1. The fourth-order valence-corrected chi connectivity index (χ4v) is 3.55. The van der Waals surface area contributed by atoms with E-state index in [0.29, 0.717) is 0 Å². The SMILES string of the molecule is Cc1cccc(C=Cc2cnn([C@H](C)[C@](O)(Cn3cncn3)c3ccc(F)cc3F)c2)n1. The molecule has 0 saturated heterocycles. The second kappa shape index (κ2) is 8.80. The van der Waals surface area contributed by atoms with E-state index in [4.69, 9.17) is 0 Å². The van der Waals surface area contributed by atoms with E-state index < -0.39 is 23.3 Å². The van der Waals surface area contributed by atoms with Crippen LogP contribution in [0.4, 0.5) is 8.78 Å². The molecule has 0 saturated carbocycles. The minimum Gasteiger partial charge on any atom is -0.381 e. The maximum absolute atomic E-state index is 14.7. The van der Waals surface area contributed by atoms with Crippen molar-refractivity contribution in [3.05, 3.63) is 95.6 Å². The van der Waals surface area contributed by atoms with Gasteiger partial charge in [-0.05, 0) is 44.2 Å². The van der Waals surface area contributed by atoms with Gasteiger partial charge >= 0.3 is 0 Å². The number of benzene rings is 1. The Morgan fingerprint density at radius 1 is 1.16 bits per heavy atom. The minimum absolute atomic E-state index is 0.0570. The number of aliphatic hydroxyl groups is 1. The molecular weight excluding hydrogens is 414 g/mol. The van der Waals surface area contributed by atoms with Crippen LogP contribution in [-0.4, -0.2) is 34.6 Å². The van der Waals surface area contributed by atoms with Crippen LogP contribution in [0.15, 0.2) is 61.4 Å². The van der Waals surface area contributed by atoms with E-state index in [1.807, 2.05) is 37.3 Å². The van der Waals surface area contributed by atoms with Gasteiger partial charge in [-0.3, -0.25) is 9.67 Å². The molecule has 3 aromatic heterocycles. The van der Waals surface area contributed by atoms with Gasteiger partial charge in [0.05, 0.1) is 24.5 Å². The van der Waals surface area contributed by atoms with Crippen LogP contribution in [0.25, 0.3) is 12.2 Å². The van der Waals surface area contributed by atoms with Crippen molar-refractivity contribution in [3.8, 4) is 0 Å². The Bertz CT molecular complexity index is 1240. The molecule has 0 amide bonds. The maximum Gasteiger partial charge on any atom is 0.137 e. The Labute approximate surface area is 183 Å². The third-order valence-corrected chi connectivity index (χ3v) is 5.33. The summed E-state index contributed by atoms with van der Waals surface area (Å²) in [6.45, 7) is 3.53. The lowest BCUT2D eigenvalue weighted by molar-refractivity contribution is -0.0369. The molecule has 0 bridgehead atoms. The standard InChI is InChI=1S/C23H22F2N6O/c1-16-4-3-5-20(29-16)8-6-18-11-27-31(12-18)17(2)23(32,13-30-15-26-14-28-30)21-9-7-19(24)10-22(21)25/h3-12,14-15,17,32H,13H2,1-2H3/t17-,23-/m1/s1. The number of rotatable bonds is 7. The molecule has 3 heterocycles. The first-order chi connectivity index (χ1) is 15.3. The Morgan fingerprint density at radius 2 is 2.00 bits per heavy atom. The van der Waals surface area contributed by atoms with Gasteiger partial charge in [0, 0.05) is 29.1 Å². The highest BCUT2D eigenvalue weighted by molar-refractivity contribution is 5.67. The lowest BCUT2D eigenvalue weighted by Gasteiger charge is -2.34. The van der Waals surface area contributed by atoms with Crippen LogP contribution in [-0.2, 0) is 12.1 Å². The quantitative estimate of drug-likeness (QED) is 0.477. The third kappa shape index (κ3) is 4.47. The lowest BCUT2D eigenvalue weighted by atomic mass is 9.86. The van der Waals surface area contributed by atoms with Crippen LogP contribution in [0.5, 0.6) is 0 Å². The number of aryl methyl sites for hydroxylation is 1. The predicted octanol–water partition coefficient (Wildman–Crippen LogP) is 3.78. The number of nitrogens with zero attached hydrogens (tertiary/aromatic N) is 6. The number of hydrogen-bond donors (Lipinski definition) is 1. The average molecular weight is 436 g/mol. The van der Waals surface area contributed by atoms with Gasteiger partial charge in [0.2, 0.25) is 0 Å². The summed E-state index contributed by atoms with van der Waals surface area (Å²) in [6, 6.07) is 8.13. The van der Waals surface area contributed by atoms with Gasteiger partial charge in [-0.2, -0.15) is 10.2 Å². The van der Waals surface area contributed by atoms with Crippen molar-refractivity contribution in [2.24, 2.45) is 0 Å². The average Bonchev–Trinajstić information content (AvgIpc) is 3.43. The highest BCUT2D eigenvalue weighted by Crippen LogP contribution is 2.36. The molecule has 7 nitrogen and oxygen atoms in total. The van der Waals surface area contributed by atoms with E-state index in [9.17, 15) is 13.9 Å². The number of hydrogen-bond acceptors (Lipinski definition) is 5. The molecule has 1 N–H and O–H groups in total. The number of aromatic nitrogens is 6. The van der Waals surface area contributed by atoms with Crippen molar-refractivity contribution in [1.82, 2.24) is 29.5 Å². The van der Waals surface area contributed by atoms with Gasteiger partial charge in [0.15, 0.2) is 0 Å². The van der Waals surface area contributed by atoms with Gasteiger partial charge in [0.25, 0.3) is 0 Å². The van der Waals surface area contributed by atoms with E-state index in [1.165, 1.54) is 23.4 Å². The van der Waals surface area contributed by atoms with Crippen LogP contribution >= 0.6 is 0 Å². The Kier molecular flexibility index (Phi) is 5.91. The van der Waals surface area contributed by atoms with Crippen molar-refractivity contribution in [1.29, 1.82) is 0 Å². The van der Waals surface area contributed by atoms with Crippen molar-refractivity contribution in [3.63, 3.8) is 0 Å². The Hall–Kier alpha value is -3.72. The van der Waals surface area contributed by atoms with Crippen molar-refractivity contribution >= 4 is 12.2 Å². The molecule has 0 radical (unpaired) electrons. The van der Waals surface area contributed by atoms with E-state index in [0.717, 1.165) is 29.1 Å². The van der Waals surface area contributed by atoms with E-state index >= 15 is 0 Å². The molecule has 0 spiro atoms. The van der Waals surface area contributed by atoms with Gasteiger partial charge in [-0.25, -0.2) is 18.4 Å². The molecule has 0 unspecified atom stereocenters. The zero-order valence-corrected chi connectivity index (χ0v) is 17.6. The molecule has 1 aromatic carbocycles. The Morgan fingerprint density at radius 3 is 2.72 bits per heavy atom. The van der Waals surface area contributed by atoms with Crippen molar-refractivity contribution < 1.29 is 13.9 Å². The lowest BCUT2D eigenvalue weighted by Crippen LogP contribution is -2.40.